The Balaban J connectivity index is 1.67. The van der Waals surface area contributed by atoms with Gasteiger partial charge in [0.1, 0.15) is 0 Å². The molecule has 2 aromatic heterocycles. The Morgan fingerprint density at radius 3 is 2.48 bits per heavy atom. The Morgan fingerprint density at radius 2 is 1.90 bits per heavy atom. The fraction of sp³-hybridized carbons (Fsp3) is 0.522. The van der Waals surface area contributed by atoms with Crippen LogP contribution in [0.2, 0.25) is 0 Å². The lowest BCUT2D eigenvalue weighted by atomic mass is 9.94. The average molecular weight is 397 g/mol. The molecule has 6 heteroatoms. The molecule has 6 nitrogen and oxygen atoms in total. The number of nitrogens with zero attached hydrogens (tertiary/aromatic N) is 4. The van der Waals surface area contributed by atoms with Gasteiger partial charge in [0.15, 0.2) is 0 Å². The van der Waals surface area contributed by atoms with E-state index in [0.717, 1.165) is 35.5 Å². The molecule has 1 saturated heterocycles. The lowest BCUT2D eigenvalue weighted by Gasteiger charge is -2.34. The highest BCUT2D eigenvalue weighted by Crippen LogP contribution is 2.24. The van der Waals surface area contributed by atoms with Crippen LogP contribution in [-0.2, 0) is 11.3 Å². The van der Waals surface area contributed by atoms with Crippen LogP contribution in [0.25, 0.3) is 0 Å². The van der Waals surface area contributed by atoms with Crippen molar-refractivity contribution < 1.29 is 9.59 Å². The number of hydrogen-bond donors (Lipinski definition) is 0. The largest absolute Gasteiger partial charge is 0.343 e. The van der Waals surface area contributed by atoms with Crippen LogP contribution >= 0.6 is 0 Å². The first-order chi connectivity index (χ1) is 13.8. The number of likely N-dealkylation sites (tertiary alicyclic amines) is 1. The Morgan fingerprint density at radius 1 is 1.21 bits per heavy atom. The van der Waals surface area contributed by atoms with Gasteiger partial charge in [-0.2, -0.15) is 0 Å². The van der Waals surface area contributed by atoms with Gasteiger partial charge >= 0.3 is 0 Å². The van der Waals surface area contributed by atoms with Crippen LogP contribution in [0.3, 0.4) is 0 Å². The third kappa shape index (κ3) is 4.52. The number of hydrogen-bond acceptors (Lipinski definition) is 3. The van der Waals surface area contributed by atoms with E-state index in [4.69, 9.17) is 0 Å². The minimum atomic E-state index is 0.0167. The van der Waals surface area contributed by atoms with Gasteiger partial charge in [-0.25, -0.2) is 0 Å². The van der Waals surface area contributed by atoms with Crippen LogP contribution in [0.4, 0.5) is 0 Å². The summed E-state index contributed by atoms with van der Waals surface area (Å²) in [6.45, 7) is 9.99. The monoisotopic (exact) mass is 396 g/mol. The Kier molecular flexibility index (Phi) is 6.40. The zero-order chi connectivity index (χ0) is 21.1. The summed E-state index contributed by atoms with van der Waals surface area (Å²) in [5, 5.41) is 0. The first kappa shape index (κ1) is 21.1. The molecule has 1 aliphatic rings. The van der Waals surface area contributed by atoms with Crippen LogP contribution in [0.1, 0.15) is 54.1 Å². The number of aryl methyl sites for hydroxylation is 1. The summed E-state index contributed by atoms with van der Waals surface area (Å²) < 4.78 is 2.14. The van der Waals surface area contributed by atoms with Gasteiger partial charge in [-0.3, -0.25) is 14.6 Å². The lowest BCUT2D eigenvalue weighted by molar-refractivity contribution is -0.137. The molecule has 0 bridgehead atoms. The molecule has 3 rings (SSSR count). The molecule has 3 heterocycles. The maximum atomic E-state index is 13.2. The minimum absolute atomic E-state index is 0.0167. The SMILES string of the molecule is Cc1cc(C(=O)N2CCC(C(=O)N(C)C(C)C)CC2)c(C)n1Cc1ccccn1. The van der Waals surface area contributed by atoms with E-state index >= 15 is 0 Å². The molecule has 0 atom stereocenters. The maximum Gasteiger partial charge on any atom is 0.255 e. The summed E-state index contributed by atoms with van der Waals surface area (Å²) in [5.41, 5.74) is 3.75. The first-order valence-corrected chi connectivity index (χ1v) is 10.4. The summed E-state index contributed by atoms with van der Waals surface area (Å²) in [7, 11) is 1.86. The van der Waals surface area contributed by atoms with Gasteiger partial charge in [0.05, 0.1) is 17.8 Å². The van der Waals surface area contributed by atoms with Crippen molar-refractivity contribution in [2.45, 2.75) is 53.1 Å². The minimum Gasteiger partial charge on any atom is -0.343 e. The molecule has 0 aliphatic carbocycles. The van der Waals surface area contributed by atoms with E-state index in [1.807, 2.05) is 68.8 Å². The van der Waals surface area contributed by atoms with E-state index in [0.29, 0.717) is 19.6 Å². The Hall–Kier alpha value is -2.63. The van der Waals surface area contributed by atoms with Crippen LogP contribution in [0, 0.1) is 19.8 Å². The van der Waals surface area contributed by atoms with Crippen molar-refractivity contribution in [1.82, 2.24) is 19.4 Å². The number of carbonyl (C=O) groups is 2. The number of amides is 2. The van der Waals surface area contributed by atoms with Gasteiger partial charge in [-0.1, -0.05) is 6.07 Å². The van der Waals surface area contributed by atoms with Crippen molar-refractivity contribution in [2.75, 3.05) is 20.1 Å². The molecule has 0 saturated carbocycles. The van der Waals surface area contributed by atoms with Crippen molar-refractivity contribution >= 4 is 11.8 Å². The zero-order valence-corrected chi connectivity index (χ0v) is 18.2. The van der Waals surface area contributed by atoms with Gasteiger partial charge < -0.3 is 14.4 Å². The molecule has 156 valence electrons. The van der Waals surface area contributed by atoms with Crippen LogP contribution in [0.15, 0.2) is 30.5 Å². The van der Waals surface area contributed by atoms with E-state index in [-0.39, 0.29) is 23.8 Å². The lowest BCUT2D eigenvalue weighted by Crippen LogP contribution is -2.45. The van der Waals surface area contributed by atoms with Crippen LogP contribution < -0.4 is 0 Å². The number of piperidine rings is 1. The summed E-state index contributed by atoms with van der Waals surface area (Å²) in [6, 6.07) is 8.05. The molecule has 0 radical (unpaired) electrons. The Bertz CT molecular complexity index is 865. The van der Waals surface area contributed by atoms with E-state index in [9.17, 15) is 9.59 Å². The second kappa shape index (κ2) is 8.80. The molecule has 2 amide bonds. The molecule has 29 heavy (non-hydrogen) atoms. The summed E-state index contributed by atoms with van der Waals surface area (Å²) >= 11 is 0. The van der Waals surface area contributed by atoms with E-state index in [2.05, 4.69) is 9.55 Å². The molecule has 2 aromatic rings. The Labute approximate surface area is 173 Å². The maximum absolute atomic E-state index is 13.2. The molecule has 1 aliphatic heterocycles. The number of carbonyl (C=O) groups excluding carboxylic acids is 2. The standard InChI is InChI=1S/C23H32N4O2/c1-16(2)25(5)22(28)19-9-12-26(13-10-19)23(29)21-14-17(3)27(18(21)4)15-20-8-6-7-11-24-20/h6-8,11,14,16,19H,9-10,12-13,15H2,1-5H3. The molecule has 0 aromatic carbocycles. The quantitative estimate of drug-likeness (QED) is 0.779. The van der Waals surface area contributed by atoms with E-state index in [1.54, 1.807) is 6.20 Å². The molecule has 0 N–H and O–H groups in total. The molecule has 0 spiro atoms. The van der Waals surface area contributed by atoms with Gasteiger partial charge in [-0.05, 0) is 58.7 Å². The van der Waals surface area contributed by atoms with E-state index in [1.165, 1.54) is 0 Å². The van der Waals surface area contributed by atoms with Crippen LogP contribution in [0.5, 0.6) is 0 Å². The van der Waals surface area contributed by atoms with Gasteiger partial charge in [0.2, 0.25) is 5.91 Å². The third-order valence-corrected chi connectivity index (χ3v) is 6.10. The fourth-order valence-corrected chi connectivity index (χ4v) is 3.96. The predicted molar refractivity (Wildman–Crippen MR) is 114 cm³/mol. The number of aromatic nitrogens is 2. The van der Waals surface area contributed by atoms with Crippen molar-refractivity contribution in [3.05, 3.63) is 53.1 Å². The topological polar surface area (TPSA) is 58.4 Å². The average Bonchev–Trinajstić information content (AvgIpc) is 3.01. The van der Waals surface area contributed by atoms with Crippen molar-refractivity contribution in [1.29, 1.82) is 0 Å². The normalized spacial score (nSPS) is 15.0. The fourth-order valence-electron chi connectivity index (χ4n) is 3.96. The van der Waals surface area contributed by atoms with Crippen molar-refractivity contribution in [2.24, 2.45) is 5.92 Å². The highest BCUT2D eigenvalue weighted by molar-refractivity contribution is 5.96. The van der Waals surface area contributed by atoms with Gasteiger partial charge in [-0.15, -0.1) is 0 Å². The zero-order valence-electron chi connectivity index (χ0n) is 18.2. The second-order valence-corrected chi connectivity index (χ2v) is 8.30. The molecule has 1 fully saturated rings. The summed E-state index contributed by atoms with van der Waals surface area (Å²) in [6.07, 6.45) is 3.25. The summed E-state index contributed by atoms with van der Waals surface area (Å²) in [5.74, 6) is 0.275. The number of pyridine rings is 1. The van der Waals surface area contributed by atoms with Gasteiger partial charge in [0, 0.05) is 49.7 Å². The first-order valence-electron chi connectivity index (χ1n) is 10.4. The highest BCUT2D eigenvalue weighted by Gasteiger charge is 2.31. The second-order valence-electron chi connectivity index (χ2n) is 8.30. The summed E-state index contributed by atoms with van der Waals surface area (Å²) in [4.78, 5) is 33.8. The number of rotatable bonds is 5. The molecular formula is C23H32N4O2. The van der Waals surface area contributed by atoms with Gasteiger partial charge in [0.25, 0.3) is 5.91 Å². The smallest absolute Gasteiger partial charge is 0.255 e. The van der Waals surface area contributed by atoms with Crippen molar-refractivity contribution in [3.63, 3.8) is 0 Å². The predicted octanol–water partition coefficient (Wildman–Crippen LogP) is 3.27. The van der Waals surface area contributed by atoms with Crippen LogP contribution in [-0.4, -0.2) is 57.3 Å². The molecule has 0 unspecified atom stereocenters. The third-order valence-electron chi connectivity index (χ3n) is 6.10. The van der Waals surface area contributed by atoms with Crippen molar-refractivity contribution in [3.8, 4) is 0 Å². The molecular weight excluding hydrogens is 364 g/mol. The van der Waals surface area contributed by atoms with E-state index < -0.39 is 0 Å². The highest BCUT2D eigenvalue weighted by atomic mass is 16.2.